The minimum Gasteiger partial charge on any atom is -0.497 e. The molecule has 1 atom stereocenters. The number of thiophene rings is 5. The van der Waals surface area contributed by atoms with Crippen LogP contribution >= 0.6 is 56.7 Å². The fourth-order valence-electron chi connectivity index (χ4n) is 8.41. The molecule has 1 aliphatic heterocycles. The van der Waals surface area contributed by atoms with Gasteiger partial charge in [-0.1, -0.05) is 17.4 Å². The number of nitrogens with one attached hydrogen (secondary N) is 3. The Labute approximate surface area is 553 Å². The number of likely N-dealkylation sites (tertiary alicyclic amines) is 1. The number of carbonyl (C=O) groups excluding carboxylic acids is 7. The minimum absolute atomic E-state index is 0.000409. The maximum atomic E-state index is 12.9. The molecule has 29 heteroatoms. The lowest BCUT2D eigenvalue weighted by Gasteiger charge is -2.15. The third kappa shape index (κ3) is 20.6. The van der Waals surface area contributed by atoms with Crippen LogP contribution in [0.3, 0.4) is 0 Å². The number of carboxylic acid groups (broad SMARTS) is 1. The third-order valence-corrected chi connectivity index (χ3v) is 18.0. The van der Waals surface area contributed by atoms with Crippen molar-refractivity contribution in [3.63, 3.8) is 0 Å². The van der Waals surface area contributed by atoms with E-state index in [4.69, 9.17) is 25.1 Å². The zero-order valence-electron chi connectivity index (χ0n) is 51.4. The number of nitro groups is 1. The number of ether oxygens (including phenoxy) is 6. The number of nitrogen functional groups attached to an aromatic ring is 1. The molecule has 0 saturated carbocycles. The number of carboxylic acids is 1. The van der Waals surface area contributed by atoms with Crippen molar-refractivity contribution in [3.8, 4) is 17.2 Å². The van der Waals surface area contributed by atoms with Crippen LogP contribution in [0.2, 0.25) is 0 Å². The van der Waals surface area contributed by atoms with Gasteiger partial charge in [-0.25, -0.2) is 19.2 Å². The number of aromatic nitrogens is 1. The first-order valence-corrected chi connectivity index (χ1v) is 31.5. The molecule has 10 rings (SSSR count). The standard InChI is InChI=1S/C23H23N3O3S.C15H15NO4S.C14H13NO4S.C6H5NO4S.C6H7NO2S/c1-15-13-17(29-2)6-7-18(15)22(27)25-21-9-8-20(30-21)23(28)26-12-10-16(14-26)19-5-3-4-11-24-19;1-9-8-10(19-2)4-5-11(9)14(17)16-13-7-6-12(21-13)15(18)20-3;1-8-7-9(19-2)3-4-10(8)13(16)15-12-6-5-11(20-12)14(17)18;1-11-6(8)4-2-3-5(12-4)7(9)10;1-9-6(8)4-2-3-5(7)10-4/h3-9,11,13,16H,10,12,14H2,1-2H3,(H,25,27);4-8H,1-3H3,(H,16,17);3-7H,1-2H3,(H,15,16)(H,17,18);2-3H,1H3;2-3H,7H2,1H3. The van der Waals surface area contributed by atoms with Gasteiger partial charge < -0.3 is 60.1 Å². The van der Waals surface area contributed by atoms with Crippen molar-refractivity contribution in [2.45, 2.75) is 33.1 Å². The number of hydrogen-bond acceptors (Lipinski definition) is 23. The molecule has 1 fully saturated rings. The van der Waals surface area contributed by atoms with E-state index >= 15 is 0 Å². The average molecular weight is 1360 g/mol. The van der Waals surface area contributed by atoms with Crippen LogP contribution in [0.1, 0.15) is 114 Å². The van der Waals surface area contributed by atoms with Gasteiger partial charge in [0, 0.05) is 53.7 Å². The molecule has 93 heavy (non-hydrogen) atoms. The Morgan fingerprint density at radius 3 is 1.32 bits per heavy atom. The molecular formula is C64H63N7O17S5. The number of carbonyl (C=O) groups is 8. The second-order valence-corrected chi connectivity index (χ2v) is 24.7. The molecule has 0 spiro atoms. The van der Waals surface area contributed by atoms with Gasteiger partial charge in [0.2, 0.25) is 0 Å². The second kappa shape index (κ2) is 34.8. The number of benzene rings is 3. The van der Waals surface area contributed by atoms with Gasteiger partial charge in [0.25, 0.3) is 23.6 Å². The normalized spacial score (nSPS) is 11.8. The largest absolute Gasteiger partial charge is 0.497 e. The van der Waals surface area contributed by atoms with Crippen LogP contribution in [0.15, 0.2) is 140 Å². The zero-order valence-corrected chi connectivity index (χ0v) is 55.5. The Morgan fingerprint density at radius 2 is 0.946 bits per heavy atom. The second-order valence-electron chi connectivity index (χ2n) is 19.3. The van der Waals surface area contributed by atoms with Crippen molar-refractivity contribution in [1.82, 2.24) is 9.88 Å². The van der Waals surface area contributed by atoms with Crippen molar-refractivity contribution < 1.29 is 76.8 Å². The smallest absolute Gasteiger partial charge is 0.348 e. The quantitative estimate of drug-likeness (QED) is 0.0260. The number of hydrogen-bond donors (Lipinski definition) is 5. The van der Waals surface area contributed by atoms with E-state index in [1.165, 1.54) is 73.5 Å². The van der Waals surface area contributed by atoms with Crippen molar-refractivity contribution in [3.05, 3.63) is 213 Å². The van der Waals surface area contributed by atoms with E-state index in [9.17, 15) is 48.5 Å². The number of aryl methyl sites for hydroxylation is 3. The van der Waals surface area contributed by atoms with Gasteiger partial charge in [0.05, 0.1) is 72.5 Å². The lowest BCUT2D eigenvalue weighted by molar-refractivity contribution is -0.380. The van der Waals surface area contributed by atoms with E-state index in [1.54, 1.807) is 119 Å². The van der Waals surface area contributed by atoms with Crippen molar-refractivity contribution >= 4 is 129 Å². The van der Waals surface area contributed by atoms with Gasteiger partial charge >= 0.3 is 28.9 Å². The molecule has 6 N–H and O–H groups in total. The Bertz CT molecular complexity index is 4120. The SMILES string of the molecule is COC(=O)c1ccc(N)s1.COC(=O)c1ccc(NC(=O)c2ccc(OC)cc2C)s1.COC(=O)c1ccc([N+](=O)[O-])s1.COc1ccc(C(=O)Nc2ccc(C(=O)N3CCC(c4ccccn4)C3)s2)c(C)c1.COc1ccc(C(=O)Nc2ccc(C(=O)O)s2)c(C)c1. The monoisotopic (exact) mass is 1360 g/mol. The number of esters is 3. The summed E-state index contributed by atoms with van der Waals surface area (Å²) in [6, 6.07) is 37.5. The Hall–Kier alpha value is -10.3. The van der Waals surface area contributed by atoms with Crippen LogP contribution in [0, 0.1) is 30.9 Å². The first-order chi connectivity index (χ1) is 44.5. The summed E-state index contributed by atoms with van der Waals surface area (Å²) in [6.45, 7) is 6.90. The van der Waals surface area contributed by atoms with Gasteiger partial charge in [-0.3, -0.25) is 34.3 Å². The molecular weight excluding hydrogens is 1300 g/mol. The maximum absolute atomic E-state index is 12.9. The first kappa shape index (κ1) is 71.7. The molecule has 24 nitrogen and oxygen atoms in total. The Morgan fingerprint density at radius 1 is 0.538 bits per heavy atom. The number of rotatable bonds is 16. The number of methoxy groups -OCH3 is 6. The molecule has 6 aromatic heterocycles. The third-order valence-electron chi connectivity index (χ3n) is 13.1. The number of nitrogens with two attached hydrogens (primary N) is 1. The molecule has 9 aromatic rings. The van der Waals surface area contributed by atoms with Gasteiger partial charge in [-0.2, -0.15) is 0 Å². The van der Waals surface area contributed by atoms with E-state index in [0.29, 0.717) is 81.7 Å². The first-order valence-electron chi connectivity index (χ1n) is 27.4. The molecule has 0 bridgehead atoms. The van der Waals surface area contributed by atoms with E-state index in [2.05, 4.69) is 35.1 Å². The summed E-state index contributed by atoms with van der Waals surface area (Å²) in [7, 11) is 8.63. The number of pyridine rings is 1. The highest BCUT2D eigenvalue weighted by Crippen LogP contribution is 2.32. The predicted octanol–water partition coefficient (Wildman–Crippen LogP) is 13.0. The van der Waals surface area contributed by atoms with E-state index in [-0.39, 0.29) is 50.3 Å². The highest BCUT2D eigenvalue weighted by atomic mass is 32.1. The summed E-state index contributed by atoms with van der Waals surface area (Å²) < 4.78 is 28.9. The molecule has 7 heterocycles. The van der Waals surface area contributed by atoms with Crippen LogP contribution in [0.4, 0.5) is 25.0 Å². The predicted molar refractivity (Wildman–Crippen MR) is 358 cm³/mol. The summed E-state index contributed by atoms with van der Waals surface area (Å²) in [4.78, 5) is 112. The Balaban J connectivity index is 0.000000194. The summed E-state index contributed by atoms with van der Waals surface area (Å²) in [6.07, 6.45) is 2.70. The van der Waals surface area contributed by atoms with E-state index in [0.717, 1.165) is 51.5 Å². The highest BCUT2D eigenvalue weighted by Gasteiger charge is 2.30. The number of aromatic carboxylic acids is 1. The lowest BCUT2D eigenvalue weighted by Crippen LogP contribution is -2.27. The zero-order chi connectivity index (χ0) is 67.9. The highest BCUT2D eigenvalue weighted by molar-refractivity contribution is 7.19. The van der Waals surface area contributed by atoms with Crippen LogP contribution < -0.4 is 35.9 Å². The molecule has 1 unspecified atom stereocenters. The summed E-state index contributed by atoms with van der Waals surface area (Å²) in [5.74, 6) is -0.636. The molecule has 0 aliphatic carbocycles. The fourth-order valence-corrected chi connectivity index (χ4v) is 12.3. The molecule has 486 valence electrons. The summed E-state index contributed by atoms with van der Waals surface area (Å²) in [5, 5.41) is 29.7. The van der Waals surface area contributed by atoms with Crippen molar-refractivity contribution in [2.75, 3.05) is 77.4 Å². The molecule has 3 aromatic carbocycles. The minimum atomic E-state index is -1.00. The molecule has 4 amide bonds. The number of anilines is 4. The molecule has 1 saturated heterocycles. The molecule has 0 radical (unpaired) electrons. The summed E-state index contributed by atoms with van der Waals surface area (Å²) in [5.41, 5.74) is 10.5. The van der Waals surface area contributed by atoms with Gasteiger partial charge in [-0.05, 0) is 165 Å². The van der Waals surface area contributed by atoms with Crippen LogP contribution in [-0.2, 0) is 14.2 Å². The van der Waals surface area contributed by atoms with Crippen molar-refractivity contribution in [2.24, 2.45) is 0 Å². The fraction of sp³-hybridized carbons (Fsp3) is 0.203. The van der Waals surface area contributed by atoms with Crippen molar-refractivity contribution in [1.29, 1.82) is 0 Å². The summed E-state index contributed by atoms with van der Waals surface area (Å²) >= 11 is 5.51. The number of nitrogens with zero attached hydrogens (tertiary/aromatic N) is 3. The van der Waals surface area contributed by atoms with E-state index < -0.39 is 22.8 Å². The van der Waals surface area contributed by atoms with Gasteiger partial charge in [0.1, 0.15) is 36.8 Å². The van der Waals surface area contributed by atoms with Crippen LogP contribution in [0.25, 0.3) is 0 Å². The molecule has 1 aliphatic rings. The van der Waals surface area contributed by atoms with Gasteiger partial charge in [-0.15, -0.1) is 45.3 Å². The Kier molecular flexibility index (Phi) is 26.8. The topological polar surface area (TPSA) is 334 Å². The van der Waals surface area contributed by atoms with Gasteiger partial charge in [0.15, 0.2) is 0 Å². The maximum Gasteiger partial charge on any atom is 0.348 e. The van der Waals surface area contributed by atoms with E-state index in [1.807, 2.05) is 49.9 Å². The van der Waals surface area contributed by atoms with Crippen LogP contribution in [-0.4, -0.2) is 123 Å². The van der Waals surface area contributed by atoms with Crippen LogP contribution in [0.5, 0.6) is 17.2 Å². The number of amides is 4. The lowest BCUT2D eigenvalue weighted by atomic mass is 10.0. The average Bonchev–Trinajstić information content (AvgIpc) is 1.89.